The number of ether oxygens (including phenoxy) is 1. The van der Waals surface area contributed by atoms with E-state index in [1.165, 1.54) is 0 Å². The van der Waals surface area contributed by atoms with E-state index < -0.39 is 0 Å². The Hall–Kier alpha value is -1.59. The number of fused-ring (bicyclic) bond motifs is 1. The Morgan fingerprint density at radius 3 is 2.55 bits per heavy atom. The van der Waals surface area contributed by atoms with Crippen molar-refractivity contribution in [2.24, 2.45) is 0 Å². The van der Waals surface area contributed by atoms with Crippen LogP contribution in [0.1, 0.15) is 6.42 Å². The number of aromatic nitrogens is 2. The van der Waals surface area contributed by atoms with Crippen LogP contribution < -0.4 is 15.0 Å². The van der Waals surface area contributed by atoms with Gasteiger partial charge >= 0.3 is 0 Å². The molecule has 1 aliphatic heterocycles. The largest absolute Gasteiger partial charge is 0.478 e. The molecule has 2 aromatic rings. The molecule has 1 saturated heterocycles. The summed E-state index contributed by atoms with van der Waals surface area (Å²) in [7, 11) is 3.70. The molecule has 1 atom stereocenters. The highest BCUT2D eigenvalue weighted by atomic mass is 35.5. The maximum absolute atomic E-state index is 5.40. The van der Waals surface area contributed by atoms with Crippen LogP contribution in [0.25, 0.3) is 11.0 Å². The Morgan fingerprint density at radius 1 is 1.25 bits per heavy atom. The molecule has 0 saturated carbocycles. The standard InChI is InChI=1S/C14H18N4O.ClH/c1-18(10-7-8-15-9-10)13-14(19-2)17-12-6-4-3-5-11(12)16-13;/h3-6,10,15H,7-9H2,1-2H3;1H/t10-;/m0./s1. The molecule has 1 aromatic carbocycles. The molecular weight excluding hydrogens is 276 g/mol. The van der Waals surface area contributed by atoms with Crippen LogP contribution in [-0.4, -0.2) is 43.3 Å². The molecule has 1 aromatic heterocycles. The number of hydrogen-bond donors (Lipinski definition) is 1. The minimum absolute atomic E-state index is 0. The van der Waals surface area contributed by atoms with Crippen LogP contribution in [0.4, 0.5) is 5.82 Å². The first-order valence-electron chi connectivity index (χ1n) is 6.54. The summed E-state index contributed by atoms with van der Waals surface area (Å²) in [5.41, 5.74) is 1.76. The SMILES string of the molecule is COc1nc2ccccc2nc1N(C)[C@H]1CCNC1.Cl. The van der Waals surface area contributed by atoms with Crippen LogP contribution >= 0.6 is 12.4 Å². The van der Waals surface area contributed by atoms with Gasteiger partial charge in [-0.3, -0.25) is 0 Å². The van der Waals surface area contributed by atoms with E-state index in [0.29, 0.717) is 11.9 Å². The molecule has 20 heavy (non-hydrogen) atoms. The monoisotopic (exact) mass is 294 g/mol. The highest BCUT2D eigenvalue weighted by Gasteiger charge is 2.23. The Kier molecular flexibility index (Phi) is 4.62. The zero-order valence-corrected chi connectivity index (χ0v) is 12.5. The smallest absolute Gasteiger partial charge is 0.257 e. The number of nitrogens with zero attached hydrogens (tertiary/aromatic N) is 3. The van der Waals surface area contributed by atoms with Crippen LogP contribution in [-0.2, 0) is 0 Å². The van der Waals surface area contributed by atoms with E-state index >= 15 is 0 Å². The van der Waals surface area contributed by atoms with Crippen molar-refractivity contribution >= 4 is 29.3 Å². The molecule has 5 nitrogen and oxygen atoms in total. The molecule has 0 aliphatic carbocycles. The third kappa shape index (κ3) is 2.64. The quantitative estimate of drug-likeness (QED) is 0.936. The van der Waals surface area contributed by atoms with Crippen molar-refractivity contribution in [2.75, 3.05) is 32.1 Å². The average Bonchev–Trinajstić information content (AvgIpc) is 2.99. The molecule has 0 spiro atoms. The number of benzene rings is 1. The lowest BCUT2D eigenvalue weighted by Crippen LogP contribution is -2.34. The van der Waals surface area contributed by atoms with Crippen molar-refractivity contribution in [3.05, 3.63) is 24.3 Å². The molecular formula is C14H19ClN4O. The third-order valence-corrected chi connectivity index (χ3v) is 3.63. The molecule has 2 heterocycles. The highest BCUT2D eigenvalue weighted by molar-refractivity contribution is 5.85. The predicted molar refractivity (Wildman–Crippen MR) is 83.0 cm³/mol. The number of anilines is 1. The second kappa shape index (κ2) is 6.24. The molecule has 3 rings (SSSR count). The number of para-hydroxylation sites is 2. The van der Waals surface area contributed by atoms with Gasteiger partial charge in [0.15, 0.2) is 5.82 Å². The summed E-state index contributed by atoms with van der Waals surface area (Å²) < 4.78 is 5.40. The Morgan fingerprint density at radius 2 is 1.95 bits per heavy atom. The fraction of sp³-hybridized carbons (Fsp3) is 0.429. The summed E-state index contributed by atoms with van der Waals surface area (Å²) in [6.45, 7) is 2.03. The van der Waals surface area contributed by atoms with Gasteiger partial charge in [-0.05, 0) is 25.1 Å². The van der Waals surface area contributed by atoms with Crippen molar-refractivity contribution in [3.8, 4) is 5.88 Å². The molecule has 1 fully saturated rings. The minimum Gasteiger partial charge on any atom is -0.478 e. The summed E-state index contributed by atoms with van der Waals surface area (Å²) in [5.74, 6) is 1.41. The summed E-state index contributed by atoms with van der Waals surface area (Å²) in [6, 6.07) is 8.31. The van der Waals surface area contributed by atoms with Crippen LogP contribution in [0.5, 0.6) is 5.88 Å². The molecule has 108 valence electrons. The van der Waals surface area contributed by atoms with Crippen LogP contribution in [0.3, 0.4) is 0 Å². The van der Waals surface area contributed by atoms with Gasteiger partial charge in [-0.1, -0.05) is 12.1 Å². The van der Waals surface area contributed by atoms with E-state index in [2.05, 4.69) is 22.2 Å². The molecule has 1 N–H and O–H groups in total. The van der Waals surface area contributed by atoms with Crippen LogP contribution in [0.2, 0.25) is 0 Å². The second-order valence-corrected chi connectivity index (χ2v) is 4.80. The van der Waals surface area contributed by atoms with Crippen molar-refractivity contribution in [1.82, 2.24) is 15.3 Å². The van der Waals surface area contributed by atoms with Gasteiger partial charge in [0, 0.05) is 19.6 Å². The van der Waals surface area contributed by atoms with Gasteiger partial charge < -0.3 is 15.0 Å². The van der Waals surface area contributed by atoms with Gasteiger partial charge in [-0.25, -0.2) is 9.97 Å². The van der Waals surface area contributed by atoms with Gasteiger partial charge in [-0.2, -0.15) is 0 Å². The topological polar surface area (TPSA) is 50.3 Å². The number of nitrogens with one attached hydrogen (secondary N) is 1. The van der Waals surface area contributed by atoms with E-state index in [9.17, 15) is 0 Å². The molecule has 0 bridgehead atoms. The normalized spacial score (nSPS) is 17.8. The zero-order chi connectivity index (χ0) is 13.2. The number of methoxy groups -OCH3 is 1. The van der Waals surface area contributed by atoms with Crippen molar-refractivity contribution in [2.45, 2.75) is 12.5 Å². The van der Waals surface area contributed by atoms with Gasteiger partial charge in [0.05, 0.1) is 18.1 Å². The highest BCUT2D eigenvalue weighted by Crippen LogP contribution is 2.28. The maximum atomic E-state index is 5.40. The average molecular weight is 295 g/mol. The van der Waals surface area contributed by atoms with Crippen LogP contribution in [0, 0.1) is 0 Å². The third-order valence-electron chi connectivity index (χ3n) is 3.63. The fourth-order valence-corrected chi connectivity index (χ4v) is 2.48. The second-order valence-electron chi connectivity index (χ2n) is 4.80. The lowest BCUT2D eigenvalue weighted by atomic mass is 10.2. The van der Waals surface area contributed by atoms with E-state index in [1.807, 2.05) is 24.3 Å². The summed E-state index contributed by atoms with van der Waals surface area (Å²) >= 11 is 0. The van der Waals surface area contributed by atoms with Gasteiger partial charge in [0.25, 0.3) is 5.88 Å². The molecule has 1 aliphatic rings. The van der Waals surface area contributed by atoms with E-state index in [-0.39, 0.29) is 12.4 Å². The van der Waals surface area contributed by atoms with Crippen molar-refractivity contribution in [1.29, 1.82) is 0 Å². The Labute approximate surface area is 124 Å². The number of hydrogen-bond acceptors (Lipinski definition) is 5. The van der Waals surface area contributed by atoms with Gasteiger partial charge in [0.1, 0.15) is 0 Å². The lowest BCUT2D eigenvalue weighted by Gasteiger charge is -2.25. The summed E-state index contributed by atoms with van der Waals surface area (Å²) in [6.07, 6.45) is 1.12. The minimum atomic E-state index is 0. The Bertz CT molecular complexity index is 586. The number of halogens is 1. The maximum Gasteiger partial charge on any atom is 0.257 e. The van der Waals surface area contributed by atoms with Crippen molar-refractivity contribution in [3.63, 3.8) is 0 Å². The molecule has 0 radical (unpaired) electrons. The first-order chi connectivity index (χ1) is 9.29. The molecule has 0 amide bonds. The Balaban J connectivity index is 0.00000147. The van der Waals surface area contributed by atoms with Crippen LogP contribution in [0.15, 0.2) is 24.3 Å². The zero-order valence-electron chi connectivity index (χ0n) is 11.7. The molecule has 0 unspecified atom stereocenters. The van der Waals surface area contributed by atoms with Crippen molar-refractivity contribution < 1.29 is 4.74 Å². The summed E-state index contributed by atoms with van der Waals surface area (Å²) in [5, 5.41) is 3.37. The number of likely N-dealkylation sites (N-methyl/N-ethyl adjacent to an activating group) is 1. The van der Waals surface area contributed by atoms with E-state index in [0.717, 1.165) is 36.4 Å². The first-order valence-corrected chi connectivity index (χ1v) is 6.54. The van der Waals surface area contributed by atoms with Gasteiger partial charge in [-0.15, -0.1) is 12.4 Å². The summed E-state index contributed by atoms with van der Waals surface area (Å²) in [4.78, 5) is 11.4. The predicted octanol–water partition coefficient (Wildman–Crippen LogP) is 1.86. The van der Waals surface area contributed by atoms with E-state index in [4.69, 9.17) is 9.72 Å². The van der Waals surface area contributed by atoms with Gasteiger partial charge in [0.2, 0.25) is 0 Å². The number of rotatable bonds is 3. The first kappa shape index (κ1) is 14.8. The fourth-order valence-electron chi connectivity index (χ4n) is 2.48. The lowest BCUT2D eigenvalue weighted by molar-refractivity contribution is 0.396. The van der Waals surface area contributed by atoms with E-state index in [1.54, 1.807) is 7.11 Å². The molecule has 6 heteroatoms.